The first-order valence-corrected chi connectivity index (χ1v) is 6.94. The Kier molecular flexibility index (Phi) is 9.33. The van der Waals surface area contributed by atoms with E-state index in [9.17, 15) is 0 Å². The highest BCUT2D eigenvalue weighted by Gasteiger charge is 1.94. The quantitative estimate of drug-likeness (QED) is 0.552. The fraction of sp³-hybridized carbons (Fsp3) is 0.500. The van der Waals surface area contributed by atoms with E-state index in [0.29, 0.717) is 33.0 Å². The van der Waals surface area contributed by atoms with Crippen molar-refractivity contribution in [3.63, 3.8) is 0 Å². The normalized spacial score (nSPS) is 9.90. The number of nitrogens with two attached hydrogens (primary N) is 1. The predicted octanol–water partition coefficient (Wildman–Crippen LogP) is 1.82. The molecule has 1 aromatic rings. The average molecular weight is 277 g/mol. The lowest BCUT2D eigenvalue weighted by atomic mass is 10.2. The number of hydrogen-bond acceptors (Lipinski definition) is 4. The second-order valence-corrected chi connectivity index (χ2v) is 4.10. The van der Waals surface area contributed by atoms with E-state index in [1.54, 1.807) is 0 Å². The molecule has 0 saturated heterocycles. The van der Waals surface area contributed by atoms with Gasteiger partial charge < -0.3 is 19.9 Å². The molecule has 0 aromatic heterocycles. The summed E-state index contributed by atoms with van der Waals surface area (Å²) >= 11 is 0. The van der Waals surface area contributed by atoms with Crippen molar-refractivity contribution in [2.75, 3.05) is 39.6 Å². The maximum atomic E-state index is 5.55. The van der Waals surface area contributed by atoms with Crippen molar-refractivity contribution < 1.29 is 14.2 Å². The Morgan fingerprint density at radius 3 is 2.25 bits per heavy atom. The molecule has 0 saturated carbocycles. The Bertz CT molecular complexity index is 406. The Morgan fingerprint density at radius 1 is 0.950 bits per heavy atom. The van der Waals surface area contributed by atoms with Gasteiger partial charge in [-0.15, -0.1) is 0 Å². The maximum Gasteiger partial charge on any atom is 0.119 e. The first-order valence-electron chi connectivity index (χ1n) is 6.94. The van der Waals surface area contributed by atoms with Crippen LogP contribution in [0.25, 0.3) is 0 Å². The van der Waals surface area contributed by atoms with E-state index in [-0.39, 0.29) is 0 Å². The molecule has 0 heterocycles. The molecule has 110 valence electrons. The molecule has 1 rings (SSSR count). The second kappa shape index (κ2) is 11.3. The highest BCUT2D eigenvalue weighted by Crippen LogP contribution is 2.11. The van der Waals surface area contributed by atoms with Crippen molar-refractivity contribution in [3.05, 3.63) is 29.8 Å². The lowest BCUT2D eigenvalue weighted by molar-refractivity contribution is 0.0366. The fourth-order valence-corrected chi connectivity index (χ4v) is 1.47. The molecule has 0 amide bonds. The third-order valence-corrected chi connectivity index (χ3v) is 2.41. The number of benzene rings is 1. The van der Waals surface area contributed by atoms with Crippen molar-refractivity contribution in [1.82, 2.24) is 0 Å². The van der Waals surface area contributed by atoms with E-state index in [0.717, 1.165) is 24.3 Å². The zero-order chi connectivity index (χ0) is 14.5. The van der Waals surface area contributed by atoms with Gasteiger partial charge in [0.1, 0.15) is 12.4 Å². The summed E-state index contributed by atoms with van der Waals surface area (Å²) < 4.78 is 16.3. The third kappa shape index (κ3) is 7.80. The van der Waals surface area contributed by atoms with Crippen molar-refractivity contribution >= 4 is 0 Å². The largest absolute Gasteiger partial charge is 0.491 e. The zero-order valence-corrected chi connectivity index (χ0v) is 12.1. The molecule has 4 nitrogen and oxygen atoms in total. The number of hydrogen-bond donors (Lipinski definition) is 1. The first-order chi connectivity index (χ1) is 9.86. The van der Waals surface area contributed by atoms with Gasteiger partial charge in [-0.25, -0.2) is 0 Å². The molecule has 0 aliphatic carbocycles. The predicted molar refractivity (Wildman–Crippen MR) is 79.8 cm³/mol. The molecule has 0 bridgehead atoms. The molecule has 0 unspecified atom stereocenters. The van der Waals surface area contributed by atoms with Gasteiger partial charge in [0.25, 0.3) is 0 Å². The molecule has 1 aromatic carbocycles. The van der Waals surface area contributed by atoms with Crippen LogP contribution in [0.15, 0.2) is 24.3 Å². The Morgan fingerprint density at radius 2 is 1.60 bits per heavy atom. The van der Waals surface area contributed by atoms with Crippen LogP contribution in [-0.4, -0.2) is 39.6 Å². The van der Waals surface area contributed by atoms with E-state index >= 15 is 0 Å². The first kappa shape index (κ1) is 16.5. The van der Waals surface area contributed by atoms with Crippen molar-refractivity contribution in [2.45, 2.75) is 13.3 Å². The van der Waals surface area contributed by atoms with Gasteiger partial charge in [-0.3, -0.25) is 0 Å². The highest BCUT2D eigenvalue weighted by molar-refractivity contribution is 5.38. The number of ether oxygens (including phenoxy) is 3. The molecule has 0 atom stereocenters. The van der Waals surface area contributed by atoms with Gasteiger partial charge in [0.2, 0.25) is 0 Å². The van der Waals surface area contributed by atoms with Crippen LogP contribution >= 0.6 is 0 Å². The summed E-state index contributed by atoms with van der Waals surface area (Å²) in [5, 5.41) is 0. The minimum Gasteiger partial charge on any atom is -0.491 e. The SMILES string of the molecule is CCCOCCOCCOc1ccc(C#CCN)cc1. The molecular formula is C16H23NO3. The molecule has 0 spiro atoms. The summed E-state index contributed by atoms with van der Waals surface area (Å²) in [4.78, 5) is 0. The van der Waals surface area contributed by atoms with Gasteiger partial charge in [0.15, 0.2) is 0 Å². The lowest BCUT2D eigenvalue weighted by Crippen LogP contribution is -2.11. The van der Waals surface area contributed by atoms with Crippen LogP contribution in [0.4, 0.5) is 0 Å². The number of rotatable bonds is 9. The molecular weight excluding hydrogens is 254 g/mol. The van der Waals surface area contributed by atoms with Gasteiger partial charge >= 0.3 is 0 Å². The summed E-state index contributed by atoms with van der Waals surface area (Å²) in [6, 6.07) is 7.62. The van der Waals surface area contributed by atoms with E-state index in [1.165, 1.54) is 0 Å². The fourth-order valence-electron chi connectivity index (χ4n) is 1.47. The van der Waals surface area contributed by atoms with Crippen LogP contribution in [0, 0.1) is 11.8 Å². The molecule has 20 heavy (non-hydrogen) atoms. The summed E-state index contributed by atoms with van der Waals surface area (Å²) in [7, 11) is 0. The molecule has 4 heteroatoms. The highest BCUT2D eigenvalue weighted by atomic mass is 16.5. The van der Waals surface area contributed by atoms with E-state index in [2.05, 4.69) is 18.8 Å². The van der Waals surface area contributed by atoms with Crippen molar-refractivity contribution in [1.29, 1.82) is 0 Å². The monoisotopic (exact) mass is 277 g/mol. The van der Waals surface area contributed by atoms with Crippen molar-refractivity contribution in [2.24, 2.45) is 5.73 Å². The smallest absolute Gasteiger partial charge is 0.119 e. The van der Waals surface area contributed by atoms with Crippen LogP contribution in [-0.2, 0) is 9.47 Å². The summed E-state index contributed by atoms with van der Waals surface area (Å²) in [6.45, 7) is 5.59. The molecule has 0 aliphatic rings. The Balaban J connectivity index is 2.10. The van der Waals surface area contributed by atoms with Gasteiger partial charge in [-0.05, 0) is 30.7 Å². The molecule has 0 fully saturated rings. The third-order valence-electron chi connectivity index (χ3n) is 2.41. The zero-order valence-electron chi connectivity index (χ0n) is 12.1. The standard InChI is InChI=1S/C16H23NO3/c1-2-10-18-11-12-19-13-14-20-16-7-5-15(6-8-16)4-3-9-17/h5-8H,2,9-14,17H2,1H3. The van der Waals surface area contributed by atoms with Crippen LogP contribution in [0.2, 0.25) is 0 Å². The minimum atomic E-state index is 0.373. The summed E-state index contributed by atoms with van der Waals surface area (Å²) in [6.07, 6.45) is 1.04. The Labute approximate surface area is 121 Å². The maximum absolute atomic E-state index is 5.55. The molecule has 0 aliphatic heterocycles. The van der Waals surface area contributed by atoms with Gasteiger partial charge in [-0.2, -0.15) is 0 Å². The van der Waals surface area contributed by atoms with E-state index in [1.807, 2.05) is 24.3 Å². The minimum absolute atomic E-state index is 0.373. The average Bonchev–Trinajstić information content (AvgIpc) is 2.49. The van der Waals surface area contributed by atoms with Crippen LogP contribution in [0.1, 0.15) is 18.9 Å². The van der Waals surface area contributed by atoms with Crippen LogP contribution in [0.3, 0.4) is 0 Å². The summed E-state index contributed by atoms with van der Waals surface area (Å²) in [5.74, 6) is 6.59. The molecule has 0 radical (unpaired) electrons. The van der Waals surface area contributed by atoms with Crippen LogP contribution < -0.4 is 10.5 Å². The second-order valence-electron chi connectivity index (χ2n) is 4.10. The van der Waals surface area contributed by atoms with E-state index in [4.69, 9.17) is 19.9 Å². The molecule has 2 N–H and O–H groups in total. The van der Waals surface area contributed by atoms with Crippen LogP contribution in [0.5, 0.6) is 5.75 Å². The van der Waals surface area contributed by atoms with Gasteiger partial charge in [0, 0.05) is 12.2 Å². The summed E-state index contributed by atoms with van der Waals surface area (Å²) in [5.41, 5.74) is 6.25. The van der Waals surface area contributed by atoms with E-state index < -0.39 is 0 Å². The Hall–Kier alpha value is -1.54. The topological polar surface area (TPSA) is 53.7 Å². The van der Waals surface area contributed by atoms with Crippen molar-refractivity contribution in [3.8, 4) is 17.6 Å². The van der Waals surface area contributed by atoms with Gasteiger partial charge in [-0.1, -0.05) is 18.8 Å². The lowest BCUT2D eigenvalue weighted by Gasteiger charge is -2.07. The van der Waals surface area contributed by atoms with Gasteiger partial charge in [0.05, 0.1) is 26.4 Å².